The van der Waals surface area contributed by atoms with Crippen molar-refractivity contribution in [2.45, 2.75) is 26.8 Å². The van der Waals surface area contributed by atoms with Crippen LogP contribution < -0.4 is 24.4 Å². The number of nitrogens with zero attached hydrogens (tertiary/aromatic N) is 4. The highest BCUT2D eigenvalue weighted by atomic mass is 32.1. The lowest BCUT2D eigenvalue weighted by atomic mass is 9.95. The van der Waals surface area contributed by atoms with E-state index in [0.29, 0.717) is 37.7 Å². The molecule has 0 radical (unpaired) electrons. The lowest BCUT2D eigenvalue weighted by Gasteiger charge is -2.26. The number of methoxy groups -OCH3 is 2. The second kappa shape index (κ2) is 9.30. The molecule has 4 rings (SSSR count). The van der Waals surface area contributed by atoms with Gasteiger partial charge in [0, 0.05) is 29.9 Å². The van der Waals surface area contributed by atoms with Gasteiger partial charge in [-0.2, -0.15) is 5.10 Å². The molecule has 0 bridgehead atoms. The zero-order valence-electron chi connectivity index (χ0n) is 19.9. The van der Waals surface area contributed by atoms with E-state index in [1.54, 1.807) is 56.1 Å². The lowest BCUT2D eigenvalue weighted by molar-refractivity contribution is -0.139. The van der Waals surface area contributed by atoms with Crippen LogP contribution in [0.3, 0.4) is 0 Å². The molecule has 0 saturated heterocycles. The molecule has 1 atom stereocenters. The summed E-state index contributed by atoms with van der Waals surface area (Å²) >= 11 is 1.26. The molecule has 3 heterocycles. The number of carbonyl (C=O) groups is 1. The van der Waals surface area contributed by atoms with Gasteiger partial charge in [0.15, 0.2) is 4.80 Å². The Morgan fingerprint density at radius 2 is 2.00 bits per heavy atom. The van der Waals surface area contributed by atoms with Crippen LogP contribution in [0, 0.1) is 6.92 Å². The van der Waals surface area contributed by atoms with Gasteiger partial charge in [0.1, 0.15) is 17.5 Å². The third-order valence-electron chi connectivity index (χ3n) is 5.81. The fourth-order valence-corrected chi connectivity index (χ4v) is 4.97. The smallest absolute Gasteiger partial charge is 0.338 e. The number of fused-ring (bicyclic) bond motifs is 1. The molecular formula is C24H26N4O5S. The van der Waals surface area contributed by atoms with Gasteiger partial charge in [0.25, 0.3) is 5.56 Å². The Labute approximate surface area is 200 Å². The van der Waals surface area contributed by atoms with E-state index in [-0.39, 0.29) is 12.2 Å². The van der Waals surface area contributed by atoms with Crippen molar-refractivity contribution in [2.24, 2.45) is 12.0 Å². The molecule has 2 aromatic heterocycles. The Bertz CT molecular complexity index is 1480. The molecule has 3 aromatic rings. The molecule has 10 heteroatoms. The molecule has 0 N–H and O–H groups in total. The van der Waals surface area contributed by atoms with Crippen molar-refractivity contribution in [3.63, 3.8) is 0 Å². The molecular weight excluding hydrogens is 456 g/mol. The normalized spacial score (nSPS) is 15.7. The van der Waals surface area contributed by atoms with Crippen molar-refractivity contribution in [1.29, 1.82) is 0 Å². The van der Waals surface area contributed by atoms with Gasteiger partial charge in [-0.25, -0.2) is 9.79 Å². The summed E-state index contributed by atoms with van der Waals surface area (Å²) in [5, 5.41) is 4.25. The van der Waals surface area contributed by atoms with Gasteiger partial charge in [0.2, 0.25) is 0 Å². The van der Waals surface area contributed by atoms with E-state index < -0.39 is 12.0 Å². The van der Waals surface area contributed by atoms with E-state index in [4.69, 9.17) is 14.2 Å². The highest BCUT2D eigenvalue weighted by Crippen LogP contribution is 2.37. The number of hydrogen-bond donors (Lipinski definition) is 0. The number of thiazole rings is 1. The van der Waals surface area contributed by atoms with Crippen molar-refractivity contribution in [3.05, 3.63) is 72.2 Å². The van der Waals surface area contributed by atoms with E-state index in [2.05, 4.69) is 10.1 Å². The van der Waals surface area contributed by atoms with Crippen molar-refractivity contribution < 1.29 is 19.0 Å². The molecule has 34 heavy (non-hydrogen) atoms. The second-order valence-electron chi connectivity index (χ2n) is 7.72. The third-order valence-corrected chi connectivity index (χ3v) is 6.80. The number of hydrogen-bond acceptors (Lipinski definition) is 8. The summed E-state index contributed by atoms with van der Waals surface area (Å²) in [4.78, 5) is 31.8. The molecule has 1 aliphatic rings. The van der Waals surface area contributed by atoms with Gasteiger partial charge >= 0.3 is 5.97 Å². The maximum absolute atomic E-state index is 13.7. The van der Waals surface area contributed by atoms with E-state index in [0.717, 1.165) is 11.3 Å². The van der Waals surface area contributed by atoms with Crippen LogP contribution in [0.2, 0.25) is 0 Å². The number of allylic oxidation sites excluding steroid dienone is 1. The predicted molar refractivity (Wildman–Crippen MR) is 128 cm³/mol. The number of carbonyl (C=O) groups excluding carboxylic acids is 1. The Hall–Kier alpha value is -3.66. The first kappa shape index (κ1) is 23.5. The fourth-order valence-electron chi connectivity index (χ4n) is 3.93. The van der Waals surface area contributed by atoms with Crippen LogP contribution in [0.1, 0.15) is 36.7 Å². The topological polar surface area (TPSA) is 96.9 Å². The summed E-state index contributed by atoms with van der Waals surface area (Å²) in [7, 11) is 4.94. The number of aromatic nitrogens is 3. The standard InChI is InChI=1S/C24H26N4O5S/c1-7-33-23(30)20-13(2)26-24-28(21(20)17-9-8-16(31-5)11-18(17)32-6)22(29)19(34-24)10-15-12-25-27(4)14(15)3/h8-12,21H,7H2,1-6H3/b19-10-/t21-/m0/s1. The summed E-state index contributed by atoms with van der Waals surface area (Å²) < 4.78 is 20.1. The highest BCUT2D eigenvalue weighted by Gasteiger charge is 2.35. The van der Waals surface area contributed by atoms with E-state index >= 15 is 0 Å². The molecule has 9 nitrogen and oxygen atoms in total. The number of esters is 1. The average molecular weight is 483 g/mol. The maximum atomic E-state index is 13.7. The van der Waals surface area contributed by atoms with Crippen LogP contribution in [0.25, 0.3) is 6.08 Å². The van der Waals surface area contributed by atoms with Crippen molar-refractivity contribution >= 4 is 23.4 Å². The Balaban J connectivity index is 2.01. The quantitative estimate of drug-likeness (QED) is 0.498. The van der Waals surface area contributed by atoms with Crippen LogP contribution in [0.4, 0.5) is 0 Å². The summed E-state index contributed by atoms with van der Waals surface area (Å²) in [6.07, 6.45) is 3.52. The van der Waals surface area contributed by atoms with Crippen LogP contribution in [-0.4, -0.2) is 41.1 Å². The summed E-state index contributed by atoms with van der Waals surface area (Å²) in [5.74, 6) is 0.556. The molecule has 1 aromatic carbocycles. The Kier molecular flexibility index (Phi) is 6.43. The highest BCUT2D eigenvalue weighted by molar-refractivity contribution is 7.07. The minimum Gasteiger partial charge on any atom is -0.497 e. The Morgan fingerprint density at radius 1 is 1.24 bits per heavy atom. The van der Waals surface area contributed by atoms with E-state index in [1.807, 2.05) is 14.0 Å². The largest absolute Gasteiger partial charge is 0.497 e. The first-order valence-corrected chi connectivity index (χ1v) is 11.5. The summed E-state index contributed by atoms with van der Waals surface area (Å²) in [6.45, 7) is 5.62. The molecule has 178 valence electrons. The summed E-state index contributed by atoms with van der Waals surface area (Å²) in [5.41, 5.74) is 2.93. The van der Waals surface area contributed by atoms with E-state index in [9.17, 15) is 9.59 Å². The lowest BCUT2D eigenvalue weighted by Crippen LogP contribution is -2.40. The Morgan fingerprint density at radius 3 is 2.62 bits per heavy atom. The number of ether oxygens (including phenoxy) is 3. The zero-order valence-corrected chi connectivity index (χ0v) is 20.7. The van der Waals surface area contributed by atoms with E-state index in [1.165, 1.54) is 23.0 Å². The van der Waals surface area contributed by atoms with Crippen molar-refractivity contribution in [2.75, 3.05) is 20.8 Å². The van der Waals surface area contributed by atoms with Gasteiger partial charge in [-0.05, 0) is 39.0 Å². The SMILES string of the molecule is CCOC(=O)C1=C(C)N=c2s/c(=C\c3cnn(C)c3C)c(=O)n2[C@H]1c1ccc(OC)cc1OC. The summed E-state index contributed by atoms with van der Waals surface area (Å²) in [6, 6.07) is 4.52. The third kappa shape index (κ3) is 3.94. The second-order valence-corrected chi connectivity index (χ2v) is 8.73. The van der Waals surface area contributed by atoms with Crippen LogP contribution in [-0.2, 0) is 16.6 Å². The molecule has 1 aliphatic heterocycles. The minimum absolute atomic E-state index is 0.201. The molecule has 0 spiro atoms. The molecule has 0 unspecified atom stereocenters. The maximum Gasteiger partial charge on any atom is 0.338 e. The van der Waals surface area contributed by atoms with Gasteiger partial charge < -0.3 is 14.2 Å². The van der Waals surface area contributed by atoms with Crippen molar-refractivity contribution in [1.82, 2.24) is 14.3 Å². The van der Waals surface area contributed by atoms with Crippen molar-refractivity contribution in [3.8, 4) is 11.5 Å². The van der Waals surface area contributed by atoms with Crippen LogP contribution in [0.15, 0.2) is 45.5 Å². The van der Waals surface area contributed by atoms with Crippen LogP contribution in [0.5, 0.6) is 11.5 Å². The van der Waals surface area contributed by atoms with Crippen LogP contribution >= 0.6 is 11.3 Å². The number of benzene rings is 1. The molecule has 0 saturated carbocycles. The predicted octanol–water partition coefficient (Wildman–Crippen LogP) is 1.86. The average Bonchev–Trinajstić information content (AvgIpc) is 3.31. The number of rotatable bonds is 6. The molecule has 0 amide bonds. The monoisotopic (exact) mass is 482 g/mol. The van der Waals surface area contributed by atoms with Gasteiger partial charge in [-0.15, -0.1) is 0 Å². The zero-order chi connectivity index (χ0) is 24.6. The van der Waals surface area contributed by atoms with Gasteiger partial charge in [0.05, 0.1) is 42.8 Å². The minimum atomic E-state index is -0.770. The molecule has 0 aliphatic carbocycles. The first-order valence-electron chi connectivity index (χ1n) is 10.7. The number of aryl methyl sites for hydroxylation is 1. The van der Waals surface area contributed by atoms with Gasteiger partial charge in [-0.1, -0.05) is 11.3 Å². The van der Waals surface area contributed by atoms with Gasteiger partial charge in [-0.3, -0.25) is 14.0 Å². The first-order chi connectivity index (χ1) is 16.3. The fraction of sp³-hybridized carbons (Fsp3) is 0.333. The molecule has 0 fully saturated rings.